The zero-order valence-corrected chi connectivity index (χ0v) is 14.2. The van der Waals surface area contributed by atoms with Crippen molar-refractivity contribution in [3.05, 3.63) is 27.5 Å². The summed E-state index contributed by atoms with van der Waals surface area (Å²) in [5, 5.41) is 4.65. The predicted molar refractivity (Wildman–Crippen MR) is 87.8 cm³/mol. The van der Waals surface area contributed by atoms with Crippen LogP contribution in [0.5, 0.6) is 0 Å². The van der Waals surface area contributed by atoms with Gasteiger partial charge in [0.2, 0.25) is 0 Å². The topological polar surface area (TPSA) is 43.8 Å². The molecule has 1 aromatic heterocycles. The highest BCUT2D eigenvalue weighted by molar-refractivity contribution is 9.10. The Labute approximate surface area is 130 Å². The van der Waals surface area contributed by atoms with E-state index in [1.165, 1.54) is 31.4 Å². The van der Waals surface area contributed by atoms with Crippen LogP contribution in [0.2, 0.25) is 0 Å². The van der Waals surface area contributed by atoms with E-state index in [0.717, 1.165) is 36.0 Å². The lowest BCUT2D eigenvalue weighted by molar-refractivity contribution is 0.557. The predicted octanol–water partition coefficient (Wildman–Crippen LogP) is 3.99. The fourth-order valence-electron chi connectivity index (χ4n) is 2.96. The summed E-state index contributed by atoms with van der Waals surface area (Å²) in [6, 6.07) is 0.197. The van der Waals surface area contributed by atoms with Gasteiger partial charge in [-0.2, -0.15) is 5.10 Å². The van der Waals surface area contributed by atoms with Crippen molar-refractivity contribution >= 4 is 15.9 Å². The van der Waals surface area contributed by atoms with Crippen LogP contribution in [0.4, 0.5) is 0 Å². The summed E-state index contributed by atoms with van der Waals surface area (Å²) in [5.74, 6) is 0. The van der Waals surface area contributed by atoms with E-state index in [-0.39, 0.29) is 6.04 Å². The Hall–Kier alpha value is -0.610. The van der Waals surface area contributed by atoms with Gasteiger partial charge in [-0.05, 0) is 61.4 Å². The minimum atomic E-state index is 0.197. The Balaban J connectivity index is 2.05. The van der Waals surface area contributed by atoms with Crippen LogP contribution in [-0.2, 0) is 19.4 Å². The quantitative estimate of drug-likeness (QED) is 0.796. The van der Waals surface area contributed by atoms with Gasteiger partial charge in [-0.25, -0.2) is 0 Å². The Morgan fingerprint density at radius 1 is 1.35 bits per heavy atom. The van der Waals surface area contributed by atoms with Crippen molar-refractivity contribution in [3.63, 3.8) is 0 Å². The van der Waals surface area contributed by atoms with Gasteiger partial charge in [0.05, 0.1) is 15.9 Å². The number of aromatic nitrogens is 2. The van der Waals surface area contributed by atoms with Gasteiger partial charge in [0.15, 0.2) is 0 Å². The zero-order valence-electron chi connectivity index (χ0n) is 12.7. The van der Waals surface area contributed by atoms with Crippen LogP contribution in [0.15, 0.2) is 16.1 Å². The molecule has 0 saturated heterocycles. The molecule has 1 aliphatic carbocycles. The highest BCUT2D eigenvalue weighted by atomic mass is 79.9. The molecule has 4 heteroatoms. The Morgan fingerprint density at radius 3 is 2.75 bits per heavy atom. The summed E-state index contributed by atoms with van der Waals surface area (Å²) in [6.07, 6.45) is 10.4. The first-order valence-corrected chi connectivity index (χ1v) is 8.62. The molecule has 1 aromatic rings. The van der Waals surface area contributed by atoms with Gasteiger partial charge >= 0.3 is 0 Å². The molecule has 20 heavy (non-hydrogen) atoms. The Morgan fingerprint density at radius 2 is 2.15 bits per heavy atom. The molecule has 0 aliphatic heterocycles. The van der Waals surface area contributed by atoms with Gasteiger partial charge in [-0.15, -0.1) is 0 Å². The van der Waals surface area contributed by atoms with Crippen LogP contribution in [0.3, 0.4) is 0 Å². The van der Waals surface area contributed by atoms with E-state index in [1.54, 1.807) is 5.57 Å². The van der Waals surface area contributed by atoms with Crippen LogP contribution in [0.25, 0.3) is 0 Å². The first-order chi connectivity index (χ1) is 9.65. The summed E-state index contributed by atoms with van der Waals surface area (Å²) >= 11 is 3.70. The number of halogens is 1. The molecule has 0 aromatic carbocycles. The molecule has 0 bridgehead atoms. The van der Waals surface area contributed by atoms with Gasteiger partial charge in [0, 0.05) is 19.0 Å². The van der Waals surface area contributed by atoms with Crippen LogP contribution in [0, 0.1) is 0 Å². The van der Waals surface area contributed by atoms with Crippen molar-refractivity contribution < 1.29 is 0 Å². The van der Waals surface area contributed by atoms with E-state index in [0.29, 0.717) is 0 Å². The first-order valence-electron chi connectivity index (χ1n) is 7.83. The van der Waals surface area contributed by atoms with Gasteiger partial charge < -0.3 is 5.73 Å². The molecule has 1 unspecified atom stereocenters. The molecule has 1 aliphatic rings. The molecular formula is C16H26BrN3. The lowest BCUT2D eigenvalue weighted by Gasteiger charge is -2.18. The van der Waals surface area contributed by atoms with E-state index < -0.39 is 0 Å². The summed E-state index contributed by atoms with van der Waals surface area (Å²) in [4.78, 5) is 0. The summed E-state index contributed by atoms with van der Waals surface area (Å²) in [7, 11) is 0. The number of hydrogen-bond donors (Lipinski definition) is 1. The molecule has 0 saturated carbocycles. The second-order valence-electron chi connectivity index (χ2n) is 5.65. The average molecular weight is 340 g/mol. The number of aryl methyl sites for hydroxylation is 2. The Bertz CT molecular complexity index is 476. The van der Waals surface area contributed by atoms with Crippen LogP contribution in [0.1, 0.15) is 57.3 Å². The third kappa shape index (κ3) is 3.73. The SMILES string of the molecule is CCc1nn(CC)c(CC(N)CC2=CCCCC2)c1Br. The average Bonchev–Trinajstić information content (AvgIpc) is 2.76. The van der Waals surface area contributed by atoms with Crippen LogP contribution >= 0.6 is 15.9 Å². The second-order valence-corrected chi connectivity index (χ2v) is 6.45. The molecular weight excluding hydrogens is 314 g/mol. The van der Waals surface area contributed by atoms with Crippen LogP contribution in [-0.4, -0.2) is 15.8 Å². The monoisotopic (exact) mass is 339 g/mol. The fourth-order valence-corrected chi connectivity index (χ4v) is 3.69. The van der Waals surface area contributed by atoms with Gasteiger partial charge in [0.25, 0.3) is 0 Å². The smallest absolute Gasteiger partial charge is 0.0766 e. The molecule has 1 atom stereocenters. The van der Waals surface area contributed by atoms with Gasteiger partial charge in [-0.3, -0.25) is 4.68 Å². The molecule has 0 radical (unpaired) electrons. The minimum Gasteiger partial charge on any atom is -0.327 e. The van der Waals surface area contributed by atoms with Crippen molar-refractivity contribution in [3.8, 4) is 0 Å². The fraction of sp³-hybridized carbons (Fsp3) is 0.688. The summed E-state index contributed by atoms with van der Waals surface area (Å²) in [6.45, 7) is 5.19. The lowest BCUT2D eigenvalue weighted by Crippen LogP contribution is -2.25. The third-order valence-corrected chi connectivity index (χ3v) is 4.97. The number of rotatable bonds is 6. The van der Waals surface area contributed by atoms with Crippen molar-refractivity contribution in [2.24, 2.45) is 5.73 Å². The molecule has 0 spiro atoms. The largest absolute Gasteiger partial charge is 0.327 e. The van der Waals surface area contributed by atoms with E-state index in [9.17, 15) is 0 Å². The molecule has 0 fully saturated rings. The highest BCUT2D eigenvalue weighted by Crippen LogP contribution is 2.26. The standard InChI is InChI=1S/C16H26BrN3/c1-3-14-16(17)15(20(4-2)19-14)11-13(18)10-12-8-6-5-7-9-12/h8,13H,3-7,9-11,18H2,1-2H3. The first kappa shape index (κ1) is 15.8. The summed E-state index contributed by atoms with van der Waals surface area (Å²) < 4.78 is 3.26. The minimum absolute atomic E-state index is 0.197. The maximum absolute atomic E-state index is 6.38. The van der Waals surface area contributed by atoms with Gasteiger partial charge in [0.1, 0.15) is 0 Å². The molecule has 2 N–H and O–H groups in total. The normalized spacial score (nSPS) is 17.1. The van der Waals surface area contributed by atoms with Crippen molar-refractivity contribution in [2.75, 3.05) is 0 Å². The maximum Gasteiger partial charge on any atom is 0.0766 e. The summed E-state index contributed by atoms with van der Waals surface area (Å²) in [5.41, 5.74) is 10.3. The Kier molecular flexibility index (Phi) is 5.85. The van der Waals surface area contributed by atoms with Crippen molar-refractivity contribution in [1.82, 2.24) is 9.78 Å². The number of nitrogens with two attached hydrogens (primary N) is 1. The molecule has 1 heterocycles. The third-order valence-electron chi connectivity index (χ3n) is 4.06. The van der Waals surface area contributed by atoms with E-state index in [4.69, 9.17) is 5.73 Å². The lowest BCUT2D eigenvalue weighted by atomic mass is 9.93. The maximum atomic E-state index is 6.38. The van der Waals surface area contributed by atoms with E-state index >= 15 is 0 Å². The van der Waals surface area contributed by atoms with Crippen molar-refractivity contribution in [1.29, 1.82) is 0 Å². The molecule has 3 nitrogen and oxygen atoms in total. The number of allylic oxidation sites excluding steroid dienone is 1. The second kappa shape index (κ2) is 7.41. The van der Waals surface area contributed by atoms with Gasteiger partial charge in [-0.1, -0.05) is 18.6 Å². The zero-order chi connectivity index (χ0) is 14.5. The number of hydrogen-bond acceptors (Lipinski definition) is 2. The van der Waals surface area contributed by atoms with E-state index in [1.807, 2.05) is 0 Å². The van der Waals surface area contributed by atoms with Crippen LogP contribution < -0.4 is 5.73 Å². The molecule has 112 valence electrons. The highest BCUT2D eigenvalue weighted by Gasteiger charge is 2.17. The molecule has 0 amide bonds. The molecule has 2 rings (SSSR count). The number of nitrogens with zero attached hydrogens (tertiary/aromatic N) is 2. The van der Waals surface area contributed by atoms with Crippen molar-refractivity contribution in [2.45, 2.75) is 71.4 Å². The van der Waals surface area contributed by atoms with E-state index in [2.05, 4.69) is 45.6 Å².